The summed E-state index contributed by atoms with van der Waals surface area (Å²) in [5.41, 5.74) is 8.87. The molecule has 0 bridgehead atoms. The predicted molar refractivity (Wildman–Crippen MR) is 92.3 cm³/mol. The van der Waals surface area contributed by atoms with Gasteiger partial charge in [0.05, 0.1) is 6.54 Å². The molecule has 0 aliphatic rings. The first-order valence-corrected chi connectivity index (χ1v) is 7.27. The molecule has 2 N–H and O–H groups in total. The standard InChI is InChI=1S/C17H20N2OS/c1-13-4-3-5-15(12-13)19(2)10-11-20-16-8-6-14(7-9-16)17(18)21/h3-9,12H,10-11H2,1-2H3,(H2,18,21). The van der Waals surface area contributed by atoms with Gasteiger partial charge in [0.25, 0.3) is 0 Å². The van der Waals surface area contributed by atoms with E-state index in [9.17, 15) is 0 Å². The zero-order chi connectivity index (χ0) is 15.2. The summed E-state index contributed by atoms with van der Waals surface area (Å²) in [5, 5.41) is 0. The van der Waals surface area contributed by atoms with Crippen LogP contribution >= 0.6 is 12.2 Å². The van der Waals surface area contributed by atoms with E-state index in [2.05, 4.69) is 43.1 Å². The number of likely N-dealkylation sites (N-methyl/N-ethyl adjacent to an activating group) is 1. The van der Waals surface area contributed by atoms with E-state index >= 15 is 0 Å². The van der Waals surface area contributed by atoms with Crippen LogP contribution in [0.3, 0.4) is 0 Å². The van der Waals surface area contributed by atoms with Gasteiger partial charge in [-0.2, -0.15) is 0 Å². The van der Waals surface area contributed by atoms with Gasteiger partial charge in [0, 0.05) is 18.3 Å². The van der Waals surface area contributed by atoms with Crippen molar-refractivity contribution in [2.75, 3.05) is 25.1 Å². The molecule has 0 fully saturated rings. The van der Waals surface area contributed by atoms with Crippen LogP contribution in [0.1, 0.15) is 11.1 Å². The van der Waals surface area contributed by atoms with Crippen molar-refractivity contribution in [2.24, 2.45) is 5.73 Å². The Labute approximate surface area is 131 Å². The molecule has 0 aliphatic carbocycles. The Bertz CT molecular complexity index is 610. The Hall–Kier alpha value is -2.07. The molecule has 0 unspecified atom stereocenters. The number of ether oxygens (including phenoxy) is 1. The van der Waals surface area contributed by atoms with E-state index in [1.165, 1.54) is 11.3 Å². The first-order valence-electron chi connectivity index (χ1n) is 6.87. The summed E-state index contributed by atoms with van der Waals surface area (Å²) in [6.45, 7) is 3.54. The largest absolute Gasteiger partial charge is 0.492 e. The van der Waals surface area contributed by atoms with Crippen molar-refractivity contribution < 1.29 is 4.74 Å². The highest BCUT2D eigenvalue weighted by Gasteiger charge is 2.02. The molecule has 0 heterocycles. The van der Waals surface area contributed by atoms with Crippen LogP contribution < -0.4 is 15.4 Å². The van der Waals surface area contributed by atoms with Crippen molar-refractivity contribution in [3.8, 4) is 5.75 Å². The highest BCUT2D eigenvalue weighted by atomic mass is 32.1. The van der Waals surface area contributed by atoms with Crippen LogP contribution in [0.4, 0.5) is 5.69 Å². The summed E-state index contributed by atoms with van der Waals surface area (Å²) in [7, 11) is 2.06. The van der Waals surface area contributed by atoms with Gasteiger partial charge < -0.3 is 15.4 Å². The Morgan fingerprint density at radius 1 is 1.19 bits per heavy atom. The topological polar surface area (TPSA) is 38.5 Å². The summed E-state index contributed by atoms with van der Waals surface area (Å²) in [5.74, 6) is 0.827. The molecule has 0 aliphatic heterocycles. The first kappa shape index (κ1) is 15.3. The van der Waals surface area contributed by atoms with Crippen LogP contribution in [-0.4, -0.2) is 25.2 Å². The smallest absolute Gasteiger partial charge is 0.119 e. The van der Waals surface area contributed by atoms with Gasteiger partial charge in [0.15, 0.2) is 0 Å². The maximum absolute atomic E-state index is 5.74. The molecule has 3 nitrogen and oxygen atoms in total. The van der Waals surface area contributed by atoms with Crippen LogP contribution in [0.25, 0.3) is 0 Å². The maximum Gasteiger partial charge on any atom is 0.119 e. The minimum Gasteiger partial charge on any atom is -0.492 e. The highest BCUT2D eigenvalue weighted by Crippen LogP contribution is 2.15. The van der Waals surface area contributed by atoms with Gasteiger partial charge in [-0.3, -0.25) is 0 Å². The average Bonchev–Trinajstić information content (AvgIpc) is 2.47. The van der Waals surface area contributed by atoms with E-state index < -0.39 is 0 Å². The lowest BCUT2D eigenvalue weighted by Gasteiger charge is -2.20. The monoisotopic (exact) mass is 300 g/mol. The van der Waals surface area contributed by atoms with Crippen LogP contribution in [-0.2, 0) is 0 Å². The Balaban J connectivity index is 1.85. The van der Waals surface area contributed by atoms with Crippen molar-refractivity contribution in [3.05, 3.63) is 59.7 Å². The summed E-state index contributed by atoms with van der Waals surface area (Å²) in [6.07, 6.45) is 0. The number of nitrogens with zero attached hydrogens (tertiary/aromatic N) is 1. The van der Waals surface area contributed by atoms with Gasteiger partial charge in [-0.15, -0.1) is 0 Å². The summed E-state index contributed by atoms with van der Waals surface area (Å²) < 4.78 is 5.74. The number of hydrogen-bond donors (Lipinski definition) is 1. The van der Waals surface area contributed by atoms with Gasteiger partial charge in [-0.25, -0.2) is 0 Å². The molecule has 0 saturated carbocycles. The molecule has 0 atom stereocenters. The lowest BCUT2D eigenvalue weighted by molar-refractivity contribution is 0.326. The third-order valence-electron chi connectivity index (χ3n) is 3.28. The van der Waals surface area contributed by atoms with E-state index in [0.717, 1.165) is 17.9 Å². The average molecular weight is 300 g/mol. The fourth-order valence-electron chi connectivity index (χ4n) is 2.01. The SMILES string of the molecule is Cc1cccc(N(C)CCOc2ccc(C(N)=S)cc2)c1. The van der Waals surface area contributed by atoms with Crippen molar-refractivity contribution in [3.63, 3.8) is 0 Å². The quantitative estimate of drug-likeness (QED) is 0.832. The number of thiocarbonyl (C=S) groups is 1. The summed E-state index contributed by atoms with van der Waals surface area (Å²) in [6, 6.07) is 16.0. The van der Waals surface area contributed by atoms with Crippen molar-refractivity contribution in [2.45, 2.75) is 6.92 Å². The molecule has 110 valence electrons. The number of anilines is 1. The molecule has 4 heteroatoms. The van der Waals surface area contributed by atoms with Crippen LogP contribution in [0.5, 0.6) is 5.75 Å². The van der Waals surface area contributed by atoms with Gasteiger partial charge >= 0.3 is 0 Å². The molecule has 21 heavy (non-hydrogen) atoms. The van der Waals surface area contributed by atoms with Crippen LogP contribution in [0.2, 0.25) is 0 Å². The lowest BCUT2D eigenvalue weighted by Crippen LogP contribution is -2.23. The number of nitrogens with two attached hydrogens (primary N) is 1. The predicted octanol–water partition coefficient (Wildman–Crippen LogP) is 3.14. The molecule has 2 aromatic rings. The van der Waals surface area contributed by atoms with Gasteiger partial charge in [-0.05, 0) is 48.9 Å². The first-order chi connectivity index (χ1) is 10.1. The fourth-order valence-corrected chi connectivity index (χ4v) is 2.15. The van der Waals surface area contributed by atoms with E-state index in [0.29, 0.717) is 11.6 Å². The Morgan fingerprint density at radius 3 is 2.52 bits per heavy atom. The number of rotatable bonds is 6. The third kappa shape index (κ3) is 4.46. The fraction of sp³-hybridized carbons (Fsp3) is 0.235. The van der Waals surface area contributed by atoms with E-state index in [1.54, 1.807) is 0 Å². The van der Waals surface area contributed by atoms with Crippen molar-refractivity contribution >= 4 is 22.9 Å². The minimum absolute atomic E-state index is 0.403. The molecular weight excluding hydrogens is 280 g/mol. The second-order valence-corrected chi connectivity index (χ2v) is 5.44. The number of hydrogen-bond acceptors (Lipinski definition) is 3. The zero-order valence-corrected chi connectivity index (χ0v) is 13.2. The number of aryl methyl sites for hydroxylation is 1. The van der Waals surface area contributed by atoms with Crippen LogP contribution in [0, 0.1) is 6.92 Å². The molecular formula is C17H20N2OS. The minimum atomic E-state index is 0.403. The maximum atomic E-state index is 5.74. The van der Waals surface area contributed by atoms with Gasteiger partial charge in [0.2, 0.25) is 0 Å². The van der Waals surface area contributed by atoms with Crippen LogP contribution in [0.15, 0.2) is 48.5 Å². The molecule has 0 radical (unpaired) electrons. The zero-order valence-electron chi connectivity index (χ0n) is 12.4. The Kier molecular flexibility index (Phi) is 5.17. The lowest BCUT2D eigenvalue weighted by atomic mass is 10.2. The molecule has 0 amide bonds. The molecule has 2 aromatic carbocycles. The molecule has 0 spiro atoms. The summed E-state index contributed by atoms with van der Waals surface area (Å²) in [4.78, 5) is 2.58. The highest BCUT2D eigenvalue weighted by molar-refractivity contribution is 7.80. The number of benzene rings is 2. The second kappa shape index (κ2) is 7.09. The van der Waals surface area contributed by atoms with Crippen molar-refractivity contribution in [1.82, 2.24) is 0 Å². The van der Waals surface area contributed by atoms with E-state index in [1.807, 2.05) is 24.3 Å². The Morgan fingerprint density at radius 2 is 1.90 bits per heavy atom. The molecule has 2 rings (SSSR count). The second-order valence-electron chi connectivity index (χ2n) is 5.00. The van der Waals surface area contributed by atoms with Gasteiger partial charge in [-0.1, -0.05) is 24.4 Å². The van der Waals surface area contributed by atoms with E-state index in [-0.39, 0.29) is 0 Å². The van der Waals surface area contributed by atoms with E-state index in [4.69, 9.17) is 22.7 Å². The normalized spacial score (nSPS) is 10.2. The molecule has 0 saturated heterocycles. The summed E-state index contributed by atoms with van der Waals surface area (Å²) >= 11 is 4.92. The van der Waals surface area contributed by atoms with Gasteiger partial charge in [0.1, 0.15) is 17.3 Å². The third-order valence-corrected chi connectivity index (χ3v) is 3.51. The van der Waals surface area contributed by atoms with Crippen molar-refractivity contribution in [1.29, 1.82) is 0 Å². The molecule has 0 aromatic heterocycles.